The van der Waals surface area contributed by atoms with Crippen LogP contribution in [0, 0.1) is 0 Å². The molecular weight excluding hydrogens is 212 g/mol. The minimum atomic E-state index is -3.19. The van der Waals surface area contributed by atoms with Gasteiger partial charge >= 0.3 is 0 Å². The van der Waals surface area contributed by atoms with E-state index < -0.39 is 10.0 Å². The number of rotatable bonds is 5. The molecule has 0 bridgehead atoms. The van der Waals surface area contributed by atoms with Crippen LogP contribution in [0.3, 0.4) is 0 Å². The van der Waals surface area contributed by atoms with Gasteiger partial charge in [-0.25, -0.2) is 13.1 Å². The minimum absolute atomic E-state index is 0.0195. The van der Waals surface area contributed by atoms with Crippen LogP contribution in [0.25, 0.3) is 0 Å². The van der Waals surface area contributed by atoms with Gasteiger partial charge in [0, 0.05) is 13.1 Å². The fourth-order valence-electron chi connectivity index (χ4n) is 1.26. The van der Waals surface area contributed by atoms with Crippen molar-refractivity contribution in [2.75, 3.05) is 6.54 Å². The van der Waals surface area contributed by atoms with Crippen LogP contribution in [0.4, 0.5) is 0 Å². The Morgan fingerprint density at radius 3 is 2.20 bits per heavy atom. The van der Waals surface area contributed by atoms with Gasteiger partial charge < -0.3 is 5.73 Å². The Balaban J connectivity index is 2.73. The SMILES string of the molecule is CCNS(=O)(=O)Cc1ccc(CN)cc1. The van der Waals surface area contributed by atoms with Gasteiger partial charge in [0.2, 0.25) is 10.0 Å². The molecule has 0 saturated heterocycles. The normalized spacial score (nSPS) is 11.6. The van der Waals surface area contributed by atoms with Crippen molar-refractivity contribution in [3.8, 4) is 0 Å². The van der Waals surface area contributed by atoms with E-state index in [0.717, 1.165) is 11.1 Å². The van der Waals surface area contributed by atoms with Gasteiger partial charge in [0.05, 0.1) is 5.75 Å². The molecule has 0 unspecified atom stereocenters. The topological polar surface area (TPSA) is 72.2 Å². The summed E-state index contributed by atoms with van der Waals surface area (Å²) in [6, 6.07) is 7.27. The molecule has 0 atom stereocenters. The molecule has 4 nitrogen and oxygen atoms in total. The van der Waals surface area contributed by atoms with Crippen molar-refractivity contribution in [2.45, 2.75) is 19.2 Å². The molecule has 1 aromatic carbocycles. The highest BCUT2D eigenvalue weighted by Gasteiger charge is 2.09. The van der Waals surface area contributed by atoms with Crippen LogP contribution >= 0.6 is 0 Å². The van der Waals surface area contributed by atoms with Gasteiger partial charge in [0.25, 0.3) is 0 Å². The smallest absolute Gasteiger partial charge is 0.215 e. The maximum Gasteiger partial charge on any atom is 0.215 e. The molecular formula is C10H16N2O2S. The van der Waals surface area contributed by atoms with Crippen LogP contribution in [-0.4, -0.2) is 15.0 Å². The predicted molar refractivity (Wildman–Crippen MR) is 60.6 cm³/mol. The third-order valence-corrected chi connectivity index (χ3v) is 3.42. The fraction of sp³-hybridized carbons (Fsp3) is 0.400. The average Bonchev–Trinajstić information content (AvgIpc) is 2.18. The molecule has 1 rings (SSSR count). The van der Waals surface area contributed by atoms with Crippen molar-refractivity contribution < 1.29 is 8.42 Å². The highest BCUT2D eigenvalue weighted by atomic mass is 32.2. The highest BCUT2D eigenvalue weighted by molar-refractivity contribution is 7.88. The summed E-state index contributed by atoms with van der Waals surface area (Å²) in [5.41, 5.74) is 7.22. The van der Waals surface area contributed by atoms with Gasteiger partial charge in [-0.2, -0.15) is 0 Å². The Bertz CT molecular complexity index is 398. The van der Waals surface area contributed by atoms with E-state index >= 15 is 0 Å². The molecule has 5 heteroatoms. The molecule has 0 aromatic heterocycles. The van der Waals surface area contributed by atoms with Crippen molar-refractivity contribution in [1.29, 1.82) is 0 Å². The third-order valence-electron chi connectivity index (χ3n) is 1.98. The number of hydrogen-bond acceptors (Lipinski definition) is 3. The number of hydrogen-bond donors (Lipinski definition) is 2. The zero-order valence-electron chi connectivity index (χ0n) is 8.73. The Kier molecular flexibility index (Phi) is 4.26. The van der Waals surface area contributed by atoms with Crippen LogP contribution < -0.4 is 10.5 Å². The largest absolute Gasteiger partial charge is 0.326 e. The summed E-state index contributed by atoms with van der Waals surface area (Å²) in [7, 11) is -3.19. The van der Waals surface area contributed by atoms with Crippen LogP contribution in [0.1, 0.15) is 18.1 Å². The Morgan fingerprint density at radius 2 is 1.73 bits per heavy atom. The lowest BCUT2D eigenvalue weighted by Crippen LogP contribution is -2.24. The maximum absolute atomic E-state index is 11.4. The molecule has 0 aliphatic heterocycles. The van der Waals surface area contributed by atoms with Gasteiger partial charge in [-0.05, 0) is 11.1 Å². The highest BCUT2D eigenvalue weighted by Crippen LogP contribution is 2.07. The lowest BCUT2D eigenvalue weighted by Gasteiger charge is -2.05. The van der Waals surface area contributed by atoms with Crippen LogP contribution in [-0.2, 0) is 22.3 Å². The first-order valence-corrected chi connectivity index (χ1v) is 6.48. The zero-order chi connectivity index (χ0) is 11.3. The van der Waals surface area contributed by atoms with Gasteiger partial charge in [0.1, 0.15) is 0 Å². The molecule has 84 valence electrons. The van der Waals surface area contributed by atoms with Crippen molar-refractivity contribution in [3.05, 3.63) is 35.4 Å². The lowest BCUT2D eigenvalue weighted by atomic mass is 10.1. The average molecular weight is 228 g/mol. The van der Waals surface area contributed by atoms with E-state index in [1.54, 1.807) is 19.1 Å². The number of sulfonamides is 1. The second-order valence-corrected chi connectivity index (χ2v) is 5.08. The van der Waals surface area contributed by atoms with E-state index in [0.29, 0.717) is 13.1 Å². The first-order valence-electron chi connectivity index (χ1n) is 4.82. The van der Waals surface area contributed by atoms with E-state index in [1.165, 1.54) is 0 Å². The lowest BCUT2D eigenvalue weighted by molar-refractivity contribution is 0.583. The standard InChI is InChI=1S/C10H16N2O2S/c1-2-12-15(13,14)8-10-5-3-9(7-11)4-6-10/h3-6,12H,2,7-8,11H2,1H3. The van der Waals surface area contributed by atoms with E-state index in [9.17, 15) is 8.42 Å². The zero-order valence-corrected chi connectivity index (χ0v) is 9.55. The van der Waals surface area contributed by atoms with Gasteiger partial charge in [-0.3, -0.25) is 0 Å². The summed E-state index contributed by atoms with van der Waals surface area (Å²) in [5.74, 6) is 0.0195. The first-order chi connectivity index (χ1) is 7.07. The summed E-state index contributed by atoms with van der Waals surface area (Å²) in [6.45, 7) is 2.65. The van der Waals surface area contributed by atoms with Crippen LogP contribution in [0.15, 0.2) is 24.3 Å². The first kappa shape index (κ1) is 12.2. The second-order valence-electron chi connectivity index (χ2n) is 3.28. The molecule has 0 heterocycles. The Labute approximate surface area is 90.5 Å². The summed E-state index contributed by atoms with van der Waals surface area (Å²) < 4.78 is 25.3. The number of benzene rings is 1. The van der Waals surface area contributed by atoms with Crippen molar-refractivity contribution >= 4 is 10.0 Å². The van der Waals surface area contributed by atoms with E-state index in [1.807, 2.05) is 12.1 Å². The van der Waals surface area contributed by atoms with Crippen molar-refractivity contribution in [1.82, 2.24) is 4.72 Å². The van der Waals surface area contributed by atoms with Crippen LogP contribution in [0.5, 0.6) is 0 Å². The summed E-state index contributed by atoms with van der Waals surface area (Å²) in [6.07, 6.45) is 0. The van der Waals surface area contributed by atoms with Crippen molar-refractivity contribution in [3.63, 3.8) is 0 Å². The Morgan fingerprint density at radius 1 is 1.20 bits per heavy atom. The summed E-state index contributed by atoms with van der Waals surface area (Å²) in [4.78, 5) is 0. The molecule has 0 radical (unpaired) electrons. The van der Waals surface area contributed by atoms with E-state index in [2.05, 4.69) is 4.72 Å². The molecule has 1 aromatic rings. The second kappa shape index (κ2) is 5.25. The fourth-order valence-corrected chi connectivity index (χ4v) is 2.44. The molecule has 0 saturated carbocycles. The van der Waals surface area contributed by atoms with Gasteiger partial charge in [-0.1, -0.05) is 31.2 Å². The molecule has 0 amide bonds. The molecule has 0 fully saturated rings. The van der Waals surface area contributed by atoms with E-state index in [-0.39, 0.29) is 5.75 Å². The summed E-state index contributed by atoms with van der Waals surface area (Å²) in [5, 5.41) is 0. The van der Waals surface area contributed by atoms with Crippen molar-refractivity contribution in [2.24, 2.45) is 5.73 Å². The van der Waals surface area contributed by atoms with Gasteiger partial charge in [0.15, 0.2) is 0 Å². The molecule has 0 aliphatic carbocycles. The van der Waals surface area contributed by atoms with Crippen LogP contribution in [0.2, 0.25) is 0 Å². The molecule has 15 heavy (non-hydrogen) atoms. The predicted octanol–water partition coefficient (Wildman–Crippen LogP) is 0.585. The maximum atomic E-state index is 11.4. The Hall–Kier alpha value is -0.910. The monoisotopic (exact) mass is 228 g/mol. The quantitative estimate of drug-likeness (QED) is 0.774. The molecule has 3 N–H and O–H groups in total. The molecule has 0 spiro atoms. The summed E-state index contributed by atoms with van der Waals surface area (Å²) >= 11 is 0. The third kappa shape index (κ3) is 3.99. The number of nitrogens with one attached hydrogen (secondary N) is 1. The minimum Gasteiger partial charge on any atom is -0.326 e. The number of nitrogens with two attached hydrogens (primary N) is 1. The molecule has 0 aliphatic rings. The van der Waals surface area contributed by atoms with Gasteiger partial charge in [-0.15, -0.1) is 0 Å². The van der Waals surface area contributed by atoms with E-state index in [4.69, 9.17) is 5.73 Å².